The van der Waals surface area contributed by atoms with Gasteiger partial charge in [-0.15, -0.1) is 0 Å². The number of amides is 1. The molecule has 1 amide bonds. The Hall–Kier alpha value is -3.35. The van der Waals surface area contributed by atoms with E-state index in [9.17, 15) is 9.18 Å². The number of halogens is 1. The largest absolute Gasteiger partial charge is 0.454 e. The molecular weight excluding hydrogens is 313 g/mol. The zero-order valence-electron chi connectivity index (χ0n) is 12.4. The van der Waals surface area contributed by atoms with Gasteiger partial charge < -0.3 is 14.8 Å². The molecule has 0 radical (unpaired) electrons. The lowest BCUT2D eigenvalue weighted by Gasteiger charge is -2.04. The van der Waals surface area contributed by atoms with E-state index in [0.717, 1.165) is 5.56 Å². The van der Waals surface area contributed by atoms with Gasteiger partial charge in [0, 0.05) is 5.69 Å². The van der Waals surface area contributed by atoms with Crippen LogP contribution in [0.4, 0.5) is 10.1 Å². The highest BCUT2D eigenvalue weighted by atomic mass is 19.1. The minimum atomic E-state index is -0.332. The van der Waals surface area contributed by atoms with E-state index >= 15 is 0 Å². The van der Waals surface area contributed by atoms with E-state index in [2.05, 4.69) is 15.6 Å². The summed E-state index contributed by atoms with van der Waals surface area (Å²) < 4.78 is 23.5. The maximum Gasteiger partial charge on any atom is 0.276 e. The number of aliphatic imine (C=N–C) groups is 1. The molecule has 2 aliphatic rings. The molecule has 0 atom stereocenters. The summed E-state index contributed by atoms with van der Waals surface area (Å²) >= 11 is 0. The Morgan fingerprint density at radius 2 is 1.92 bits per heavy atom. The van der Waals surface area contributed by atoms with Gasteiger partial charge in [0.05, 0.1) is 0 Å². The fraction of sp³-hybridized carbons (Fsp3) is 0.0588. The van der Waals surface area contributed by atoms with Gasteiger partial charge in [-0.25, -0.2) is 9.38 Å². The van der Waals surface area contributed by atoms with Crippen LogP contribution < -0.4 is 20.1 Å². The molecule has 4 rings (SSSR count). The number of nitrogens with one attached hydrogen (secondary N) is 2. The maximum atomic E-state index is 12.9. The Bertz CT molecular complexity index is 875. The molecule has 2 heterocycles. The number of benzene rings is 2. The van der Waals surface area contributed by atoms with Crippen LogP contribution in [0.5, 0.6) is 11.5 Å². The molecule has 7 heteroatoms. The Labute approximate surface area is 136 Å². The van der Waals surface area contributed by atoms with E-state index in [1.54, 1.807) is 30.3 Å². The van der Waals surface area contributed by atoms with Crippen LogP contribution in [-0.2, 0) is 4.79 Å². The van der Waals surface area contributed by atoms with Crippen LogP contribution in [0.25, 0.3) is 6.08 Å². The number of anilines is 1. The van der Waals surface area contributed by atoms with Crippen molar-refractivity contribution in [3.8, 4) is 11.5 Å². The van der Waals surface area contributed by atoms with Crippen molar-refractivity contribution < 1.29 is 18.7 Å². The zero-order valence-corrected chi connectivity index (χ0v) is 12.4. The second-order valence-corrected chi connectivity index (χ2v) is 5.19. The topological polar surface area (TPSA) is 72.0 Å². The van der Waals surface area contributed by atoms with E-state index < -0.39 is 0 Å². The van der Waals surface area contributed by atoms with Crippen LogP contribution in [-0.4, -0.2) is 18.7 Å². The molecule has 2 aromatic carbocycles. The molecule has 0 saturated heterocycles. The van der Waals surface area contributed by atoms with Crippen LogP contribution in [0.3, 0.4) is 0 Å². The van der Waals surface area contributed by atoms with Gasteiger partial charge in [-0.05, 0) is 48.0 Å². The fourth-order valence-corrected chi connectivity index (χ4v) is 2.36. The van der Waals surface area contributed by atoms with Crippen molar-refractivity contribution >= 4 is 23.6 Å². The summed E-state index contributed by atoms with van der Waals surface area (Å²) in [5, 5.41) is 5.54. The van der Waals surface area contributed by atoms with E-state index in [-0.39, 0.29) is 24.2 Å². The number of hydrogen-bond donors (Lipinski definition) is 2. The Morgan fingerprint density at radius 3 is 2.75 bits per heavy atom. The number of fused-ring (bicyclic) bond motifs is 1. The normalized spacial score (nSPS) is 17.0. The molecule has 0 saturated carbocycles. The highest BCUT2D eigenvalue weighted by Gasteiger charge is 2.20. The quantitative estimate of drug-likeness (QED) is 0.832. The SMILES string of the molecule is O=C1NC(Nc2ccc(F)cc2)=N/C1=C\c1ccc2c(c1)OCO2. The van der Waals surface area contributed by atoms with E-state index in [1.165, 1.54) is 12.1 Å². The molecule has 0 bridgehead atoms. The van der Waals surface area contributed by atoms with Gasteiger partial charge >= 0.3 is 0 Å². The Morgan fingerprint density at radius 1 is 1.12 bits per heavy atom. The molecule has 120 valence electrons. The first-order valence-corrected chi connectivity index (χ1v) is 7.21. The average Bonchev–Trinajstić information content (AvgIpc) is 3.16. The zero-order chi connectivity index (χ0) is 16.5. The van der Waals surface area contributed by atoms with Crippen LogP contribution in [0, 0.1) is 5.82 Å². The van der Waals surface area contributed by atoms with Crippen LogP contribution >= 0.6 is 0 Å². The molecule has 0 fully saturated rings. The van der Waals surface area contributed by atoms with E-state index in [1.807, 2.05) is 6.07 Å². The van der Waals surface area contributed by atoms with Crippen molar-refractivity contribution in [3.63, 3.8) is 0 Å². The first-order chi connectivity index (χ1) is 11.7. The first-order valence-electron chi connectivity index (χ1n) is 7.21. The number of ether oxygens (including phenoxy) is 2. The molecule has 2 aromatic rings. The number of hydrogen-bond acceptors (Lipinski definition) is 5. The van der Waals surface area contributed by atoms with E-state index in [4.69, 9.17) is 9.47 Å². The third kappa shape index (κ3) is 2.79. The molecule has 0 unspecified atom stereocenters. The van der Waals surface area contributed by atoms with Crippen molar-refractivity contribution in [2.75, 3.05) is 12.1 Å². The van der Waals surface area contributed by atoms with Gasteiger partial charge in [0.1, 0.15) is 11.5 Å². The predicted octanol–water partition coefficient (Wildman–Crippen LogP) is 2.49. The minimum Gasteiger partial charge on any atom is -0.454 e. The minimum absolute atomic E-state index is 0.194. The number of nitrogens with zero attached hydrogens (tertiary/aromatic N) is 1. The van der Waals surface area contributed by atoms with Crippen LogP contribution in [0.15, 0.2) is 53.2 Å². The maximum absolute atomic E-state index is 12.9. The number of rotatable bonds is 2. The molecule has 0 aromatic heterocycles. The summed E-state index contributed by atoms with van der Waals surface area (Å²) in [4.78, 5) is 16.2. The van der Waals surface area contributed by atoms with Crippen LogP contribution in [0.1, 0.15) is 5.56 Å². The number of guanidine groups is 1. The van der Waals surface area contributed by atoms with Gasteiger partial charge in [-0.2, -0.15) is 0 Å². The highest BCUT2D eigenvalue weighted by molar-refractivity contribution is 6.17. The van der Waals surface area contributed by atoms with Crippen molar-refractivity contribution in [2.24, 2.45) is 4.99 Å². The summed E-state index contributed by atoms with van der Waals surface area (Å²) in [5.41, 5.74) is 1.66. The summed E-state index contributed by atoms with van der Waals surface area (Å²) in [6.07, 6.45) is 1.65. The average molecular weight is 325 g/mol. The third-order valence-corrected chi connectivity index (χ3v) is 3.50. The molecule has 2 aliphatic heterocycles. The molecular formula is C17H12FN3O3. The summed E-state index contributed by atoms with van der Waals surface area (Å²) in [7, 11) is 0. The molecule has 6 nitrogen and oxygen atoms in total. The van der Waals surface area contributed by atoms with Gasteiger partial charge in [0.2, 0.25) is 12.8 Å². The standard InChI is InChI=1S/C17H12FN3O3/c18-11-2-4-12(5-3-11)19-17-20-13(16(22)21-17)7-10-1-6-14-15(8-10)24-9-23-14/h1-8H,9H2,(H2,19,20,21,22)/b13-7-. The van der Waals surface area contributed by atoms with E-state index in [0.29, 0.717) is 23.1 Å². The van der Waals surface area contributed by atoms with Crippen molar-refractivity contribution in [1.29, 1.82) is 0 Å². The second-order valence-electron chi connectivity index (χ2n) is 5.19. The van der Waals surface area contributed by atoms with Gasteiger partial charge in [0.15, 0.2) is 11.5 Å². The van der Waals surface area contributed by atoms with Gasteiger partial charge in [-0.3, -0.25) is 10.1 Å². The Balaban J connectivity index is 1.55. The Kier molecular flexibility index (Phi) is 3.38. The second kappa shape index (κ2) is 5.69. The molecule has 0 aliphatic carbocycles. The third-order valence-electron chi connectivity index (χ3n) is 3.50. The summed E-state index contributed by atoms with van der Waals surface area (Å²) in [5.74, 6) is 0.948. The summed E-state index contributed by atoms with van der Waals surface area (Å²) in [6.45, 7) is 0.194. The lowest BCUT2D eigenvalue weighted by Crippen LogP contribution is -2.29. The number of carbonyl (C=O) groups excluding carboxylic acids is 1. The summed E-state index contributed by atoms with van der Waals surface area (Å²) in [6, 6.07) is 11.1. The number of carbonyl (C=O) groups is 1. The first kappa shape index (κ1) is 14.3. The molecule has 2 N–H and O–H groups in total. The lowest BCUT2D eigenvalue weighted by atomic mass is 10.1. The van der Waals surface area contributed by atoms with Crippen molar-refractivity contribution in [1.82, 2.24) is 5.32 Å². The lowest BCUT2D eigenvalue weighted by molar-refractivity contribution is -0.115. The molecule has 0 spiro atoms. The monoisotopic (exact) mass is 325 g/mol. The highest BCUT2D eigenvalue weighted by Crippen LogP contribution is 2.33. The predicted molar refractivity (Wildman–Crippen MR) is 86.1 cm³/mol. The van der Waals surface area contributed by atoms with Crippen molar-refractivity contribution in [3.05, 3.63) is 59.5 Å². The van der Waals surface area contributed by atoms with Crippen LogP contribution in [0.2, 0.25) is 0 Å². The van der Waals surface area contributed by atoms with Gasteiger partial charge in [0.25, 0.3) is 5.91 Å². The fourth-order valence-electron chi connectivity index (χ4n) is 2.36. The molecule has 24 heavy (non-hydrogen) atoms. The van der Waals surface area contributed by atoms with Gasteiger partial charge in [-0.1, -0.05) is 6.07 Å². The smallest absolute Gasteiger partial charge is 0.276 e. The van der Waals surface area contributed by atoms with Crippen molar-refractivity contribution in [2.45, 2.75) is 0 Å².